The molecule has 2 unspecified atom stereocenters. The average Bonchev–Trinajstić information content (AvgIpc) is 3.75. The molecule has 0 spiro atoms. The Bertz CT molecular complexity index is 2070. The Morgan fingerprint density at radius 2 is 1.51 bits per heavy atom. The van der Waals surface area contributed by atoms with Gasteiger partial charge in [-0.1, -0.05) is 61.4 Å². The molecule has 0 radical (unpaired) electrons. The molecular formula is C40H40N4O. The van der Waals surface area contributed by atoms with Crippen LogP contribution in [0.3, 0.4) is 0 Å². The SMILES string of the molecule is CC(=O)C1=CC2=NC/1=C\C1CC(C)(C)C(/C=C3/C=CC(=N3)/C(c3ccc(C)cc3)=c3/cc/c([nH]3)=C/2c2c(C)cc(C)cc2C)N1. The highest BCUT2D eigenvalue weighted by molar-refractivity contribution is 6.33. The number of aryl methyl sites for hydroxylation is 4. The fourth-order valence-corrected chi connectivity index (χ4v) is 7.35. The van der Waals surface area contributed by atoms with Gasteiger partial charge >= 0.3 is 0 Å². The Morgan fingerprint density at radius 3 is 2.20 bits per heavy atom. The quantitative estimate of drug-likeness (QED) is 0.382. The number of aliphatic imine (C=N–C) groups is 2. The van der Waals surface area contributed by atoms with E-state index in [1.165, 1.54) is 22.3 Å². The van der Waals surface area contributed by atoms with E-state index >= 15 is 0 Å². The van der Waals surface area contributed by atoms with Crippen LogP contribution in [0.4, 0.5) is 0 Å². The van der Waals surface area contributed by atoms with Gasteiger partial charge in [-0.15, -0.1) is 0 Å². The van der Waals surface area contributed by atoms with Gasteiger partial charge < -0.3 is 10.3 Å². The first kappa shape index (κ1) is 29.1. The molecule has 2 atom stereocenters. The second-order valence-electron chi connectivity index (χ2n) is 13.7. The number of carbonyl (C=O) groups excluding carboxylic acids is 1. The van der Waals surface area contributed by atoms with Crippen molar-refractivity contribution in [3.05, 3.63) is 140 Å². The van der Waals surface area contributed by atoms with E-state index in [1.807, 2.05) is 6.08 Å². The van der Waals surface area contributed by atoms with Crippen molar-refractivity contribution >= 4 is 28.4 Å². The van der Waals surface area contributed by atoms with Crippen LogP contribution in [0.2, 0.25) is 0 Å². The summed E-state index contributed by atoms with van der Waals surface area (Å²) in [5, 5.41) is 5.76. The minimum absolute atomic E-state index is 0.00901. The zero-order chi connectivity index (χ0) is 31.6. The van der Waals surface area contributed by atoms with Crippen LogP contribution < -0.4 is 16.0 Å². The topological polar surface area (TPSA) is 69.6 Å². The zero-order valence-electron chi connectivity index (χ0n) is 27.2. The first-order chi connectivity index (χ1) is 21.5. The van der Waals surface area contributed by atoms with E-state index < -0.39 is 0 Å². The molecule has 1 fully saturated rings. The van der Waals surface area contributed by atoms with E-state index in [4.69, 9.17) is 9.98 Å². The first-order valence-electron chi connectivity index (χ1n) is 15.8. The summed E-state index contributed by atoms with van der Waals surface area (Å²) < 4.78 is 0. The first-order valence-corrected chi connectivity index (χ1v) is 15.8. The zero-order valence-corrected chi connectivity index (χ0v) is 27.2. The standard InChI is InChI=1S/C40H40N4O/c1-22-8-10-27(11-9-22)38-31-13-12-28(41-31)19-36-40(6,7)21-29(42-36)18-34-30(26(5)45)20-35(44-34)39(33-15-14-32(38)43-33)37-24(3)16-23(2)17-25(37)4/h8-20,29,36,42-43H,21H2,1-7H3/b28-19-,34-18-,38-32-,39-33+. The molecule has 0 saturated carbocycles. The minimum atomic E-state index is -0.00901. The molecule has 226 valence electrons. The lowest BCUT2D eigenvalue weighted by atomic mass is 9.83. The van der Waals surface area contributed by atoms with Crippen LogP contribution in [0, 0.1) is 33.1 Å². The van der Waals surface area contributed by atoms with E-state index in [2.05, 4.69) is 125 Å². The molecule has 7 rings (SSSR count). The van der Waals surface area contributed by atoms with Crippen LogP contribution in [-0.4, -0.2) is 34.3 Å². The predicted octanol–water partition coefficient (Wildman–Crippen LogP) is 6.17. The van der Waals surface area contributed by atoms with Crippen LogP contribution >= 0.6 is 0 Å². The van der Waals surface area contributed by atoms with Crippen molar-refractivity contribution in [1.29, 1.82) is 0 Å². The number of nitrogens with zero attached hydrogens (tertiary/aromatic N) is 2. The molecule has 1 aromatic heterocycles. The normalized spacial score (nSPS) is 26.5. The number of aromatic amines is 1. The molecule has 4 aliphatic heterocycles. The number of benzene rings is 2. The second-order valence-corrected chi connectivity index (χ2v) is 13.7. The minimum Gasteiger partial charge on any atom is -0.354 e. The summed E-state index contributed by atoms with van der Waals surface area (Å²) in [5.74, 6) is 0.0188. The highest BCUT2D eigenvalue weighted by Gasteiger charge is 2.39. The van der Waals surface area contributed by atoms with Crippen molar-refractivity contribution < 1.29 is 4.79 Å². The fraction of sp³-hybridized carbons (Fsp3) is 0.275. The maximum atomic E-state index is 13.1. The molecule has 45 heavy (non-hydrogen) atoms. The van der Waals surface area contributed by atoms with Gasteiger partial charge in [0.05, 0.1) is 22.8 Å². The Kier molecular flexibility index (Phi) is 6.97. The summed E-state index contributed by atoms with van der Waals surface area (Å²) in [4.78, 5) is 27.2. The number of H-pyrrole nitrogens is 1. The monoisotopic (exact) mass is 592 g/mol. The van der Waals surface area contributed by atoms with Crippen molar-refractivity contribution in [2.24, 2.45) is 15.4 Å². The van der Waals surface area contributed by atoms with Crippen molar-refractivity contribution in [3.8, 4) is 0 Å². The van der Waals surface area contributed by atoms with Crippen molar-refractivity contribution in [1.82, 2.24) is 10.3 Å². The Balaban J connectivity index is 1.60. The molecule has 2 N–H and O–H groups in total. The number of nitrogens with one attached hydrogen (secondary N) is 2. The van der Waals surface area contributed by atoms with E-state index in [1.54, 1.807) is 6.92 Å². The van der Waals surface area contributed by atoms with Crippen LogP contribution in [0.25, 0.3) is 11.1 Å². The summed E-state index contributed by atoms with van der Waals surface area (Å²) in [7, 11) is 0. The summed E-state index contributed by atoms with van der Waals surface area (Å²) in [6, 6.07) is 17.6. The van der Waals surface area contributed by atoms with Gasteiger partial charge in [0.15, 0.2) is 5.78 Å². The molecular weight excluding hydrogens is 552 g/mol. The predicted molar refractivity (Wildman–Crippen MR) is 185 cm³/mol. The number of hydrogen-bond acceptors (Lipinski definition) is 4. The molecule has 8 bridgehead atoms. The summed E-state index contributed by atoms with van der Waals surface area (Å²) >= 11 is 0. The molecule has 0 amide bonds. The number of allylic oxidation sites excluding steroid dienone is 4. The highest BCUT2D eigenvalue weighted by Crippen LogP contribution is 2.38. The smallest absolute Gasteiger partial charge is 0.162 e. The molecule has 4 aliphatic rings. The van der Waals surface area contributed by atoms with Gasteiger partial charge in [0.1, 0.15) is 0 Å². The molecule has 5 heterocycles. The molecule has 5 heteroatoms. The molecule has 3 aromatic rings. The number of Topliss-reactive ketones (excluding diaryl/α,β-unsaturated/α-hetero) is 1. The molecule has 2 aromatic carbocycles. The highest BCUT2D eigenvalue weighted by atomic mass is 16.1. The Morgan fingerprint density at radius 1 is 0.822 bits per heavy atom. The Labute approximate surface area is 265 Å². The third-order valence-electron chi connectivity index (χ3n) is 9.52. The second kappa shape index (κ2) is 10.8. The van der Waals surface area contributed by atoms with Crippen molar-refractivity contribution in [3.63, 3.8) is 0 Å². The molecule has 0 aliphatic carbocycles. The third kappa shape index (κ3) is 5.25. The molecule has 1 saturated heterocycles. The third-order valence-corrected chi connectivity index (χ3v) is 9.52. The lowest BCUT2D eigenvalue weighted by molar-refractivity contribution is -0.113. The number of aromatic nitrogens is 1. The van der Waals surface area contributed by atoms with Crippen LogP contribution in [0.5, 0.6) is 0 Å². The van der Waals surface area contributed by atoms with E-state index in [9.17, 15) is 4.79 Å². The average molecular weight is 593 g/mol. The van der Waals surface area contributed by atoms with Crippen LogP contribution in [-0.2, 0) is 4.79 Å². The van der Waals surface area contributed by atoms with Gasteiger partial charge in [-0.05, 0) is 111 Å². The van der Waals surface area contributed by atoms with Gasteiger partial charge in [0, 0.05) is 39.5 Å². The van der Waals surface area contributed by atoms with E-state index in [-0.39, 0.29) is 23.3 Å². The van der Waals surface area contributed by atoms with Gasteiger partial charge in [-0.3, -0.25) is 4.79 Å². The fourth-order valence-electron chi connectivity index (χ4n) is 7.35. The van der Waals surface area contributed by atoms with Crippen LogP contribution in [0.1, 0.15) is 60.6 Å². The number of fused-ring (bicyclic) bond motifs is 6. The van der Waals surface area contributed by atoms with Crippen LogP contribution in [0.15, 0.2) is 106 Å². The lowest BCUT2D eigenvalue weighted by Gasteiger charge is -2.23. The molecule has 5 nitrogen and oxygen atoms in total. The summed E-state index contributed by atoms with van der Waals surface area (Å²) in [6.45, 7) is 14.8. The van der Waals surface area contributed by atoms with E-state index in [0.29, 0.717) is 5.57 Å². The maximum Gasteiger partial charge on any atom is 0.162 e. The lowest BCUT2D eigenvalue weighted by Crippen LogP contribution is -2.32. The van der Waals surface area contributed by atoms with Crippen molar-refractivity contribution in [2.75, 3.05) is 0 Å². The number of hydrogen-bond donors (Lipinski definition) is 2. The van der Waals surface area contributed by atoms with Gasteiger partial charge in [0.2, 0.25) is 0 Å². The van der Waals surface area contributed by atoms with Gasteiger partial charge in [-0.25, -0.2) is 9.98 Å². The number of carbonyl (C=O) groups is 1. The van der Waals surface area contributed by atoms with Gasteiger partial charge in [-0.2, -0.15) is 0 Å². The summed E-state index contributed by atoms with van der Waals surface area (Å²) in [5.41, 5.74) is 13.1. The van der Waals surface area contributed by atoms with E-state index in [0.717, 1.165) is 62.2 Å². The van der Waals surface area contributed by atoms with Crippen molar-refractivity contribution in [2.45, 2.75) is 67.0 Å². The number of rotatable bonds is 3. The Hall–Kier alpha value is -4.61. The maximum absolute atomic E-state index is 13.1. The van der Waals surface area contributed by atoms with Gasteiger partial charge in [0.25, 0.3) is 0 Å². The largest absolute Gasteiger partial charge is 0.354 e. The summed E-state index contributed by atoms with van der Waals surface area (Å²) in [6.07, 6.45) is 11.6. The number of ketones is 1.